The van der Waals surface area contributed by atoms with Gasteiger partial charge in [0, 0.05) is 32.4 Å². The first-order chi connectivity index (χ1) is 7.70. The Morgan fingerprint density at radius 2 is 2.19 bits per heavy atom. The number of amides is 1. The second-order valence-electron chi connectivity index (χ2n) is 4.11. The Labute approximate surface area is 95.6 Å². The molecule has 0 atom stereocenters. The van der Waals surface area contributed by atoms with Crippen LogP contribution in [0.5, 0.6) is 0 Å². The van der Waals surface area contributed by atoms with Crippen LogP contribution < -0.4 is 10.6 Å². The van der Waals surface area contributed by atoms with Crippen molar-refractivity contribution >= 4 is 11.6 Å². The number of rotatable bonds is 2. The molecule has 0 spiro atoms. The maximum atomic E-state index is 11.6. The Hall–Kier alpha value is -1.55. The molecule has 1 amide bonds. The Morgan fingerprint density at radius 3 is 2.88 bits per heavy atom. The molecule has 1 heterocycles. The largest absolute Gasteiger partial charge is 0.360 e. The van der Waals surface area contributed by atoms with Crippen molar-refractivity contribution in [3.05, 3.63) is 29.8 Å². The van der Waals surface area contributed by atoms with E-state index in [-0.39, 0.29) is 5.91 Å². The maximum Gasteiger partial charge on any atom is 0.241 e. The second kappa shape index (κ2) is 4.53. The van der Waals surface area contributed by atoms with Crippen LogP contribution in [0.2, 0.25) is 0 Å². The summed E-state index contributed by atoms with van der Waals surface area (Å²) in [6.45, 7) is 2.67. The predicted octanol–water partition coefficient (Wildman–Crippen LogP) is 0.424. The SMILES string of the molecule is CN1CCN(c2cccc(CN)c2)CC1=O. The van der Waals surface area contributed by atoms with Crippen molar-refractivity contribution < 1.29 is 4.79 Å². The number of carbonyl (C=O) groups excluding carboxylic acids is 1. The van der Waals surface area contributed by atoms with E-state index in [1.165, 1.54) is 0 Å². The number of anilines is 1. The van der Waals surface area contributed by atoms with Gasteiger partial charge in [0.1, 0.15) is 0 Å². The summed E-state index contributed by atoms with van der Waals surface area (Å²) in [5.74, 6) is 0.171. The number of nitrogens with two attached hydrogens (primary N) is 1. The van der Waals surface area contributed by atoms with E-state index >= 15 is 0 Å². The molecular formula is C12H17N3O. The summed E-state index contributed by atoms with van der Waals surface area (Å²) in [4.78, 5) is 15.5. The summed E-state index contributed by atoms with van der Waals surface area (Å²) in [5.41, 5.74) is 7.79. The summed E-state index contributed by atoms with van der Waals surface area (Å²) in [5, 5.41) is 0. The molecule has 86 valence electrons. The van der Waals surface area contributed by atoms with E-state index in [9.17, 15) is 4.79 Å². The standard InChI is InChI=1S/C12H17N3O/c1-14-5-6-15(9-12(14)16)11-4-2-3-10(7-11)8-13/h2-4,7H,5-6,8-9,13H2,1H3. The molecule has 1 aromatic carbocycles. The summed E-state index contributed by atoms with van der Waals surface area (Å²) in [6, 6.07) is 8.07. The highest BCUT2D eigenvalue weighted by atomic mass is 16.2. The first-order valence-electron chi connectivity index (χ1n) is 5.48. The van der Waals surface area contributed by atoms with Gasteiger partial charge in [-0.3, -0.25) is 4.79 Å². The number of carbonyl (C=O) groups is 1. The van der Waals surface area contributed by atoms with E-state index in [1.54, 1.807) is 4.90 Å². The molecule has 1 aliphatic rings. The molecule has 0 bridgehead atoms. The van der Waals surface area contributed by atoms with E-state index in [1.807, 2.05) is 25.2 Å². The third-order valence-corrected chi connectivity index (χ3v) is 2.97. The molecule has 1 fully saturated rings. The number of piperazine rings is 1. The van der Waals surface area contributed by atoms with Crippen LogP contribution in [0, 0.1) is 0 Å². The van der Waals surface area contributed by atoms with Crippen LogP contribution in [-0.2, 0) is 11.3 Å². The minimum absolute atomic E-state index is 0.171. The van der Waals surface area contributed by atoms with Crippen molar-refractivity contribution in [3.8, 4) is 0 Å². The molecule has 2 rings (SSSR count). The highest BCUT2D eigenvalue weighted by molar-refractivity contribution is 5.82. The van der Waals surface area contributed by atoms with E-state index in [0.717, 1.165) is 24.3 Å². The molecule has 16 heavy (non-hydrogen) atoms. The van der Waals surface area contributed by atoms with Crippen molar-refractivity contribution in [2.75, 3.05) is 31.6 Å². The van der Waals surface area contributed by atoms with Gasteiger partial charge in [-0.2, -0.15) is 0 Å². The third kappa shape index (κ3) is 2.17. The van der Waals surface area contributed by atoms with E-state index in [4.69, 9.17) is 5.73 Å². The van der Waals surface area contributed by atoms with Crippen LogP contribution in [0.15, 0.2) is 24.3 Å². The van der Waals surface area contributed by atoms with Crippen molar-refractivity contribution in [1.29, 1.82) is 0 Å². The summed E-state index contributed by atoms with van der Waals surface area (Å²) < 4.78 is 0. The van der Waals surface area contributed by atoms with Gasteiger partial charge in [0.15, 0.2) is 0 Å². The van der Waals surface area contributed by atoms with Crippen LogP contribution in [0.3, 0.4) is 0 Å². The van der Waals surface area contributed by atoms with E-state index in [0.29, 0.717) is 13.1 Å². The van der Waals surface area contributed by atoms with Gasteiger partial charge in [-0.05, 0) is 17.7 Å². The fourth-order valence-electron chi connectivity index (χ4n) is 1.86. The second-order valence-corrected chi connectivity index (χ2v) is 4.11. The summed E-state index contributed by atoms with van der Waals surface area (Å²) in [7, 11) is 1.84. The molecule has 0 saturated carbocycles. The van der Waals surface area contributed by atoms with Crippen LogP contribution in [0.4, 0.5) is 5.69 Å². The highest BCUT2D eigenvalue weighted by Crippen LogP contribution is 2.17. The number of nitrogens with zero attached hydrogens (tertiary/aromatic N) is 2. The number of benzene rings is 1. The lowest BCUT2D eigenvalue weighted by atomic mass is 10.1. The normalized spacial score (nSPS) is 16.8. The molecular weight excluding hydrogens is 202 g/mol. The molecule has 1 saturated heterocycles. The van der Waals surface area contributed by atoms with Crippen molar-refractivity contribution in [2.24, 2.45) is 5.73 Å². The van der Waals surface area contributed by atoms with Gasteiger partial charge in [0.25, 0.3) is 0 Å². The summed E-state index contributed by atoms with van der Waals surface area (Å²) >= 11 is 0. The average molecular weight is 219 g/mol. The molecule has 2 N–H and O–H groups in total. The van der Waals surface area contributed by atoms with Gasteiger partial charge in [0.2, 0.25) is 5.91 Å². The molecule has 0 unspecified atom stereocenters. The van der Waals surface area contributed by atoms with E-state index < -0.39 is 0 Å². The minimum Gasteiger partial charge on any atom is -0.360 e. The third-order valence-electron chi connectivity index (χ3n) is 2.97. The van der Waals surface area contributed by atoms with Gasteiger partial charge in [-0.15, -0.1) is 0 Å². The lowest BCUT2D eigenvalue weighted by Gasteiger charge is -2.33. The lowest BCUT2D eigenvalue weighted by Crippen LogP contribution is -2.48. The molecule has 4 heteroatoms. The van der Waals surface area contributed by atoms with Crippen LogP contribution in [0.25, 0.3) is 0 Å². The van der Waals surface area contributed by atoms with Crippen LogP contribution in [0.1, 0.15) is 5.56 Å². The quantitative estimate of drug-likeness (QED) is 0.784. The highest BCUT2D eigenvalue weighted by Gasteiger charge is 2.20. The molecule has 0 aromatic heterocycles. The van der Waals surface area contributed by atoms with Crippen LogP contribution in [-0.4, -0.2) is 37.5 Å². The average Bonchev–Trinajstić information content (AvgIpc) is 2.33. The molecule has 0 radical (unpaired) electrons. The number of likely N-dealkylation sites (N-methyl/N-ethyl adjacent to an activating group) is 1. The van der Waals surface area contributed by atoms with Gasteiger partial charge < -0.3 is 15.5 Å². The Morgan fingerprint density at radius 1 is 1.38 bits per heavy atom. The first kappa shape index (κ1) is 11.0. The minimum atomic E-state index is 0.171. The zero-order valence-corrected chi connectivity index (χ0v) is 9.52. The fraction of sp³-hybridized carbons (Fsp3) is 0.417. The summed E-state index contributed by atoms with van der Waals surface area (Å²) in [6.07, 6.45) is 0. The molecule has 1 aliphatic heterocycles. The van der Waals surface area contributed by atoms with Crippen LogP contribution >= 0.6 is 0 Å². The first-order valence-corrected chi connectivity index (χ1v) is 5.48. The maximum absolute atomic E-state index is 11.6. The zero-order chi connectivity index (χ0) is 11.5. The van der Waals surface area contributed by atoms with Gasteiger partial charge >= 0.3 is 0 Å². The Balaban J connectivity index is 2.15. The smallest absolute Gasteiger partial charge is 0.241 e. The molecule has 1 aromatic rings. The van der Waals surface area contributed by atoms with Gasteiger partial charge in [0.05, 0.1) is 6.54 Å². The zero-order valence-electron chi connectivity index (χ0n) is 9.52. The van der Waals surface area contributed by atoms with E-state index in [2.05, 4.69) is 11.0 Å². The Bertz CT molecular complexity index is 392. The molecule has 0 aliphatic carbocycles. The van der Waals surface area contributed by atoms with Gasteiger partial charge in [-0.1, -0.05) is 12.1 Å². The van der Waals surface area contributed by atoms with Crippen molar-refractivity contribution in [3.63, 3.8) is 0 Å². The van der Waals surface area contributed by atoms with Crippen molar-refractivity contribution in [1.82, 2.24) is 4.90 Å². The fourth-order valence-corrected chi connectivity index (χ4v) is 1.86. The van der Waals surface area contributed by atoms with Crippen molar-refractivity contribution in [2.45, 2.75) is 6.54 Å². The van der Waals surface area contributed by atoms with Gasteiger partial charge in [-0.25, -0.2) is 0 Å². The Kier molecular flexibility index (Phi) is 3.10. The number of hydrogen-bond acceptors (Lipinski definition) is 3. The lowest BCUT2D eigenvalue weighted by molar-refractivity contribution is -0.129. The number of hydrogen-bond donors (Lipinski definition) is 1. The monoisotopic (exact) mass is 219 g/mol. The molecule has 4 nitrogen and oxygen atoms in total. The predicted molar refractivity (Wildman–Crippen MR) is 64.2 cm³/mol. The topological polar surface area (TPSA) is 49.6 Å².